The van der Waals surface area contributed by atoms with Crippen molar-refractivity contribution in [2.24, 2.45) is 0 Å². The van der Waals surface area contributed by atoms with Crippen LogP contribution in [0.4, 0.5) is 43.9 Å². The number of amides is 2. The second-order valence-corrected chi connectivity index (χ2v) is 9.40. The normalized spacial score (nSPS) is 14.5. The molecule has 0 spiro atoms. The van der Waals surface area contributed by atoms with Gasteiger partial charge < -0.3 is 10.6 Å². The van der Waals surface area contributed by atoms with E-state index >= 15 is 0 Å². The van der Waals surface area contributed by atoms with Gasteiger partial charge in [0.15, 0.2) is 0 Å². The SMILES string of the molecule is C[C@H](NC(=O)CC(F)(F)F)NC(=O)c1ccc(/C(F)=C/C(c2cc(Cl)cc(Br)c2)C(F)(F)F)cc1C(F)(F)F. The molecule has 0 aromatic heterocycles. The van der Waals surface area contributed by atoms with Gasteiger partial charge in [0.2, 0.25) is 5.91 Å². The molecule has 2 amide bonds. The van der Waals surface area contributed by atoms with Crippen molar-refractivity contribution in [3.05, 3.63) is 74.2 Å². The maximum absolute atomic E-state index is 14.9. The van der Waals surface area contributed by atoms with Crippen molar-refractivity contribution in [1.82, 2.24) is 10.6 Å². The quantitative estimate of drug-likeness (QED) is 0.235. The van der Waals surface area contributed by atoms with E-state index in [2.05, 4.69) is 15.9 Å². The fourth-order valence-electron chi connectivity index (χ4n) is 3.29. The third kappa shape index (κ3) is 9.71. The predicted octanol–water partition coefficient (Wildman–Crippen LogP) is 7.92. The molecule has 39 heavy (non-hydrogen) atoms. The van der Waals surface area contributed by atoms with Crippen LogP contribution in [0, 0.1) is 0 Å². The van der Waals surface area contributed by atoms with Gasteiger partial charge in [0, 0.05) is 15.1 Å². The van der Waals surface area contributed by atoms with Crippen LogP contribution in [0.2, 0.25) is 5.02 Å². The molecular weight excluding hydrogens is 642 g/mol. The summed E-state index contributed by atoms with van der Waals surface area (Å²) < 4.78 is 134. The van der Waals surface area contributed by atoms with Crippen molar-refractivity contribution in [2.45, 2.75) is 44.0 Å². The molecule has 2 atom stereocenters. The Labute approximate surface area is 227 Å². The van der Waals surface area contributed by atoms with Crippen molar-refractivity contribution in [3.63, 3.8) is 0 Å². The zero-order valence-corrected chi connectivity index (χ0v) is 21.6. The fraction of sp³-hybridized carbons (Fsp3) is 0.304. The van der Waals surface area contributed by atoms with E-state index in [1.54, 1.807) is 5.32 Å². The summed E-state index contributed by atoms with van der Waals surface area (Å²) >= 11 is 8.71. The Morgan fingerprint density at radius 3 is 2.10 bits per heavy atom. The van der Waals surface area contributed by atoms with Crippen LogP contribution in [0.25, 0.3) is 5.83 Å². The molecule has 0 saturated carbocycles. The standard InChI is InChI=1S/C23H16BrClF10N2O2/c1-10(36-19(38)9-21(27,28)29)37-20(39)15-3-2-11(6-17(15)23(33,34)35)18(26)8-16(22(30,31)32)12-4-13(24)7-14(25)5-12/h2-8,10,16H,9H2,1H3,(H,36,38)(H,37,39)/b18-8-/t10-,16?/m1/s1. The van der Waals surface area contributed by atoms with Crippen LogP contribution in [0.3, 0.4) is 0 Å². The topological polar surface area (TPSA) is 58.2 Å². The summed E-state index contributed by atoms with van der Waals surface area (Å²) in [6.07, 6.45) is -18.7. The van der Waals surface area contributed by atoms with Gasteiger partial charge in [-0.3, -0.25) is 9.59 Å². The van der Waals surface area contributed by atoms with Crippen molar-refractivity contribution < 1.29 is 53.5 Å². The Morgan fingerprint density at radius 1 is 0.974 bits per heavy atom. The van der Waals surface area contributed by atoms with E-state index in [1.165, 1.54) is 6.07 Å². The van der Waals surface area contributed by atoms with Gasteiger partial charge in [-0.2, -0.15) is 39.5 Å². The highest BCUT2D eigenvalue weighted by Crippen LogP contribution is 2.41. The van der Waals surface area contributed by atoms with Gasteiger partial charge in [0.25, 0.3) is 5.91 Å². The number of benzene rings is 2. The Morgan fingerprint density at radius 2 is 1.59 bits per heavy atom. The molecular formula is C23H16BrClF10N2O2. The minimum absolute atomic E-state index is 0.0472. The second-order valence-electron chi connectivity index (χ2n) is 8.05. The maximum atomic E-state index is 14.9. The Hall–Kier alpha value is -2.81. The van der Waals surface area contributed by atoms with Crippen LogP contribution >= 0.6 is 27.5 Å². The molecule has 0 bridgehead atoms. The summed E-state index contributed by atoms with van der Waals surface area (Å²) in [7, 11) is 0. The van der Waals surface area contributed by atoms with Gasteiger partial charge >= 0.3 is 18.5 Å². The zero-order valence-electron chi connectivity index (χ0n) is 19.3. The highest BCUT2D eigenvalue weighted by molar-refractivity contribution is 9.10. The van der Waals surface area contributed by atoms with Crippen molar-refractivity contribution in [3.8, 4) is 0 Å². The lowest BCUT2D eigenvalue weighted by molar-refractivity contribution is -0.154. The Balaban J connectivity index is 2.41. The van der Waals surface area contributed by atoms with Gasteiger partial charge in [0.1, 0.15) is 18.2 Å². The molecule has 2 N–H and O–H groups in total. The van der Waals surface area contributed by atoms with E-state index in [9.17, 15) is 53.5 Å². The molecule has 2 rings (SSSR count). The molecule has 0 fully saturated rings. The second kappa shape index (κ2) is 12.1. The summed E-state index contributed by atoms with van der Waals surface area (Å²) in [6, 6.07) is 4.36. The Bertz CT molecular complexity index is 1240. The predicted molar refractivity (Wildman–Crippen MR) is 124 cm³/mol. The van der Waals surface area contributed by atoms with Gasteiger partial charge in [-0.1, -0.05) is 33.6 Å². The van der Waals surface area contributed by atoms with Gasteiger partial charge in [-0.15, -0.1) is 0 Å². The minimum atomic E-state index is -5.30. The summed E-state index contributed by atoms with van der Waals surface area (Å²) in [5.74, 6) is -7.38. The number of rotatable bonds is 7. The highest BCUT2D eigenvalue weighted by atomic mass is 79.9. The molecule has 2 aromatic rings. The van der Waals surface area contributed by atoms with E-state index in [4.69, 9.17) is 11.6 Å². The number of allylic oxidation sites excluding steroid dienone is 1. The number of halogens is 12. The maximum Gasteiger partial charge on any atom is 0.417 e. The Kier molecular flexibility index (Phi) is 10.1. The summed E-state index contributed by atoms with van der Waals surface area (Å²) in [6.45, 7) is 0.974. The molecule has 214 valence electrons. The number of carbonyl (C=O) groups excluding carboxylic acids is 2. The van der Waals surface area contributed by atoms with Crippen LogP contribution in [0.5, 0.6) is 0 Å². The van der Waals surface area contributed by atoms with Crippen LogP contribution in [0.15, 0.2) is 46.9 Å². The van der Waals surface area contributed by atoms with Gasteiger partial charge in [-0.05, 0) is 48.9 Å². The monoisotopic (exact) mass is 656 g/mol. The average Bonchev–Trinajstić information content (AvgIpc) is 2.73. The average molecular weight is 658 g/mol. The van der Waals surface area contributed by atoms with E-state index in [0.717, 1.165) is 19.1 Å². The molecule has 0 aliphatic heterocycles. The largest absolute Gasteiger partial charge is 0.417 e. The third-order valence-corrected chi connectivity index (χ3v) is 5.52. The van der Waals surface area contributed by atoms with Crippen molar-refractivity contribution in [2.75, 3.05) is 0 Å². The molecule has 4 nitrogen and oxygen atoms in total. The summed E-state index contributed by atoms with van der Waals surface area (Å²) in [4.78, 5) is 23.7. The molecule has 1 unspecified atom stereocenters. The number of alkyl halides is 9. The first-order chi connectivity index (χ1) is 17.7. The van der Waals surface area contributed by atoms with Gasteiger partial charge in [-0.25, -0.2) is 4.39 Å². The molecule has 0 saturated heterocycles. The molecule has 0 aliphatic rings. The van der Waals surface area contributed by atoms with Gasteiger partial charge in [0.05, 0.1) is 17.3 Å². The number of hydrogen-bond donors (Lipinski definition) is 2. The van der Waals surface area contributed by atoms with Crippen LogP contribution in [-0.2, 0) is 11.0 Å². The summed E-state index contributed by atoms with van der Waals surface area (Å²) in [5, 5.41) is 3.45. The number of nitrogens with one attached hydrogen (secondary N) is 2. The lowest BCUT2D eigenvalue weighted by Gasteiger charge is -2.20. The van der Waals surface area contributed by atoms with E-state index in [1.807, 2.05) is 5.32 Å². The fourth-order valence-corrected chi connectivity index (χ4v) is 4.17. The van der Waals surface area contributed by atoms with E-state index < -0.39 is 76.9 Å². The first-order valence-corrected chi connectivity index (χ1v) is 11.6. The molecule has 16 heteroatoms. The minimum Gasteiger partial charge on any atom is -0.336 e. The van der Waals surface area contributed by atoms with E-state index in [0.29, 0.717) is 12.1 Å². The highest BCUT2D eigenvalue weighted by Gasteiger charge is 2.41. The molecule has 0 aliphatic carbocycles. The smallest absolute Gasteiger partial charge is 0.336 e. The number of carbonyl (C=O) groups is 2. The number of hydrogen-bond acceptors (Lipinski definition) is 2. The third-order valence-electron chi connectivity index (χ3n) is 4.84. The molecule has 0 radical (unpaired) electrons. The lowest BCUT2D eigenvalue weighted by Crippen LogP contribution is -2.47. The first kappa shape index (κ1) is 32.4. The zero-order chi connectivity index (χ0) is 29.9. The first-order valence-electron chi connectivity index (χ1n) is 10.5. The lowest BCUT2D eigenvalue weighted by atomic mass is 9.95. The molecule has 0 heterocycles. The van der Waals surface area contributed by atoms with Crippen LogP contribution in [-0.4, -0.2) is 30.3 Å². The summed E-state index contributed by atoms with van der Waals surface area (Å²) in [5.41, 5.74) is -4.32. The van der Waals surface area contributed by atoms with Crippen LogP contribution < -0.4 is 10.6 Å². The van der Waals surface area contributed by atoms with Crippen molar-refractivity contribution in [1.29, 1.82) is 0 Å². The molecule has 2 aromatic carbocycles. The van der Waals surface area contributed by atoms with Crippen molar-refractivity contribution >= 4 is 45.2 Å². The van der Waals surface area contributed by atoms with E-state index in [-0.39, 0.29) is 21.6 Å². The van der Waals surface area contributed by atoms with Crippen LogP contribution in [0.1, 0.15) is 46.3 Å².